The largest absolute Gasteiger partial charge is 0.366 e. The van der Waals surface area contributed by atoms with Gasteiger partial charge in [0.2, 0.25) is 11.8 Å². The Kier molecular flexibility index (Phi) is 4.80. The predicted molar refractivity (Wildman–Crippen MR) is 130 cm³/mol. The Balaban J connectivity index is 1.53. The predicted octanol–water partition coefficient (Wildman–Crippen LogP) is 5.33. The molecule has 1 aliphatic heterocycles. The molecule has 6 rings (SSSR count). The monoisotopic (exact) mass is 456 g/mol. The summed E-state index contributed by atoms with van der Waals surface area (Å²) in [5, 5.41) is 0. The van der Waals surface area contributed by atoms with Crippen LogP contribution in [0.25, 0.3) is 16.7 Å². The van der Waals surface area contributed by atoms with Gasteiger partial charge in [0.15, 0.2) is 0 Å². The molecule has 0 radical (unpaired) electrons. The lowest BCUT2D eigenvalue weighted by molar-refractivity contribution is -0.126. The Labute approximate surface area is 199 Å². The second kappa shape index (κ2) is 7.66. The summed E-state index contributed by atoms with van der Waals surface area (Å²) < 4.78 is 15.9. The van der Waals surface area contributed by atoms with E-state index in [0.717, 1.165) is 40.7 Å². The van der Waals surface area contributed by atoms with E-state index in [-0.39, 0.29) is 11.7 Å². The molecular formula is C29H29FN2O2. The van der Waals surface area contributed by atoms with Gasteiger partial charge in [-0.15, -0.1) is 0 Å². The molecule has 0 aromatic heterocycles. The van der Waals surface area contributed by atoms with Crippen molar-refractivity contribution in [1.29, 1.82) is 0 Å². The van der Waals surface area contributed by atoms with Crippen molar-refractivity contribution in [2.75, 3.05) is 6.54 Å². The number of hydrogen-bond acceptors (Lipinski definition) is 2. The van der Waals surface area contributed by atoms with Crippen LogP contribution in [-0.4, -0.2) is 23.3 Å². The summed E-state index contributed by atoms with van der Waals surface area (Å²) in [7, 11) is 0. The third-order valence-electron chi connectivity index (χ3n) is 8.72. The highest BCUT2D eigenvalue weighted by atomic mass is 19.1. The van der Waals surface area contributed by atoms with Crippen LogP contribution < -0.4 is 5.73 Å². The summed E-state index contributed by atoms with van der Waals surface area (Å²) in [6.45, 7) is 4.68. The zero-order valence-electron chi connectivity index (χ0n) is 19.4. The Hall–Kier alpha value is -3.21. The highest BCUT2D eigenvalue weighted by Crippen LogP contribution is 2.59. The molecule has 34 heavy (non-hydrogen) atoms. The lowest BCUT2D eigenvalue weighted by atomic mass is 9.59. The molecule has 4 nitrogen and oxygen atoms in total. The summed E-state index contributed by atoms with van der Waals surface area (Å²) in [4.78, 5) is 26.3. The molecule has 1 saturated carbocycles. The van der Waals surface area contributed by atoms with Gasteiger partial charge < -0.3 is 10.6 Å². The highest BCUT2D eigenvalue weighted by molar-refractivity contribution is 6.00. The number of hydrogen-bond donors (Lipinski definition) is 1. The molecular weight excluding hydrogens is 427 g/mol. The standard InChI is InChI=1S/C29H29FN2O2/c1-2-25(33)32-12-8-19-18(16-32)5-3-6-20(19)27-24(30)14-22(28(31)34)21-13-17-7-11-29(9-4-10-29)15-23(17)26(21)27/h2-3,5-6,14H,1,4,7-13,15-16H2,(H2,31,34). The fourth-order valence-electron chi connectivity index (χ4n) is 6.78. The van der Waals surface area contributed by atoms with E-state index < -0.39 is 5.91 Å². The lowest BCUT2D eigenvalue weighted by Gasteiger charge is -2.45. The van der Waals surface area contributed by atoms with E-state index in [9.17, 15) is 9.59 Å². The molecule has 1 heterocycles. The summed E-state index contributed by atoms with van der Waals surface area (Å²) in [6, 6.07) is 7.31. The topological polar surface area (TPSA) is 63.4 Å². The van der Waals surface area contributed by atoms with Crippen LogP contribution in [0.15, 0.2) is 42.5 Å². The van der Waals surface area contributed by atoms with Gasteiger partial charge in [0.25, 0.3) is 0 Å². The summed E-state index contributed by atoms with van der Waals surface area (Å²) in [6.07, 6.45) is 9.63. The van der Waals surface area contributed by atoms with E-state index in [1.54, 1.807) is 4.90 Å². The van der Waals surface area contributed by atoms with E-state index in [2.05, 4.69) is 6.58 Å². The minimum absolute atomic E-state index is 0.0864. The molecule has 2 aromatic carbocycles. The van der Waals surface area contributed by atoms with Crippen molar-refractivity contribution in [2.24, 2.45) is 11.1 Å². The number of nitrogens with two attached hydrogens (primary N) is 1. The van der Waals surface area contributed by atoms with Crippen molar-refractivity contribution in [2.45, 2.75) is 57.9 Å². The van der Waals surface area contributed by atoms with E-state index in [4.69, 9.17) is 5.73 Å². The average molecular weight is 457 g/mol. The van der Waals surface area contributed by atoms with E-state index in [1.165, 1.54) is 49.0 Å². The molecule has 5 heteroatoms. The number of rotatable bonds is 3. The molecule has 0 unspecified atom stereocenters. The summed E-state index contributed by atoms with van der Waals surface area (Å²) in [5.74, 6) is -1.03. The van der Waals surface area contributed by atoms with Crippen LogP contribution in [0.2, 0.25) is 0 Å². The Bertz CT molecular complexity index is 1300. The van der Waals surface area contributed by atoms with Gasteiger partial charge in [-0.05, 0) is 95.9 Å². The van der Waals surface area contributed by atoms with Gasteiger partial charge in [0.1, 0.15) is 5.82 Å². The number of allylic oxidation sites excluding steroid dienone is 2. The quantitative estimate of drug-likeness (QED) is 0.635. The molecule has 0 saturated heterocycles. The van der Waals surface area contributed by atoms with Crippen molar-refractivity contribution in [3.63, 3.8) is 0 Å². The second-order valence-corrected chi connectivity index (χ2v) is 10.4. The fourth-order valence-corrected chi connectivity index (χ4v) is 6.78. The zero-order valence-corrected chi connectivity index (χ0v) is 19.4. The maximum atomic E-state index is 15.9. The molecule has 1 spiro atoms. The first-order valence-corrected chi connectivity index (χ1v) is 12.3. The SMILES string of the molecule is C=CC(=O)N1CCc2c(cccc2-c2c(F)cc(C(N)=O)c3c2C2=C(CCC4(CCC4)C2)C3)C1. The van der Waals surface area contributed by atoms with Crippen molar-refractivity contribution in [3.05, 3.63) is 76.1 Å². The van der Waals surface area contributed by atoms with Crippen LogP contribution in [0.1, 0.15) is 71.1 Å². The van der Waals surface area contributed by atoms with Crippen molar-refractivity contribution in [3.8, 4) is 11.1 Å². The number of benzene rings is 2. The maximum absolute atomic E-state index is 15.9. The maximum Gasteiger partial charge on any atom is 0.249 e. The van der Waals surface area contributed by atoms with Gasteiger partial charge in [0, 0.05) is 24.2 Å². The molecule has 2 amide bonds. The summed E-state index contributed by atoms with van der Waals surface area (Å²) >= 11 is 0. The summed E-state index contributed by atoms with van der Waals surface area (Å²) in [5.41, 5.74) is 14.5. The van der Waals surface area contributed by atoms with Gasteiger partial charge in [-0.1, -0.05) is 36.8 Å². The second-order valence-electron chi connectivity index (χ2n) is 10.4. The fraction of sp³-hybridized carbons (Fsp3) is 0.379. The molecule has 2 N–H and O–H groups in total. The number of carbonyl (C=O) groups is 2. The van der Waals surface area contributed by atoms with Crippen molar-refractivity contribution >= 4 is 17.4 Å². The molecule has 4 aliphatic rings. The minimum Gasteiger partial charge on any atom is -0.366 e. The van der Waals surface area contributed by atoms with Crippen LogP contribution in [0.4, 0.5) is 4.39 Å². The molecule has 0 bridgehead atoms. The number of primary amides is 1. The molecule has 3 aliphatic carbocycles. The van der Waals surface area contributed by atoms with E-state index in [1.807, 2.05) is 18.2 Å². The van der Waals surface area contributed by atoms with Crippen LogP contribution >= 0.6 is 0 Å². The first kappa shape index (κ1) is 21.3. The highest BCUT2D eigenvalue weighted by Gasteiger charge is 2.44. The molecule has 174 valence electrons. The van der Waals surface area contributed by atoms with Crippen molar-refractivity contribution in [1.82, 2.24) is 4.90 Å². The number of carbonyl (C=O) groups excluding carboxylic acids is 2. The van der Waals surface area contributed by atoms with E-state index in [0.29, 0.717) is 42.5 Å². The van der Waals surface area contributed by atoms with Crippen LogP contribution in [-0.2, 0) is 24.2 Å². The minimum atomic E-state index is -0.562. The van der Waals surface area contributed by atoms with Gasteiger partial charge in [-0.25, -0.2) is 4.39 Å². The van der Waals surface area contributed by atoms with Gasteiger partial charge >= 0.3 is 0 Å². The third-order valence-corrected chi connectivity index (χ3v) is 8.72. The van der Waals surface area contributed by atoms with E-state index >= 15 is 4.39 Å². The van der Waals surface area contributed by atoms with Gasteiger partial charge in [-0.2, -0.15) is 0 Å². The first-order chi connectivity index (χ1) is 16.4. The average Bonchev–Trinajstić information content (AvgIpc) is 3.19. The number of fused-ring (bicyclic) bond motifs is 3. The normalized spacial score (nSPS) is 19.9. The van der Waals surface area contributed by atoms with Crippen molar-refractivity contribution < 1.29 is 14.0 Å². The number of nitrogens with zero attached hydrogens (tertiary/aromatic N) is 1. The zero-order chi connectivity index (χ0) is 23.6. The van der Waals surface area contributed by atoms with Crippen LogP contribution in [0, 0.1) is 11.2 Å². The van der Waals surface area contributed by atoms with Gasteiger partial charge in [-0.3, -0.25) is 9.59 Å². The van der Waals surface area contributed by atoms with Gasteiger partial charge in [0.05, 0.1) is 0 Å². The Morgan fingerprint density at radius 1 is 1.12 bits per heavy atom. The lowest BCUT2D eigenvalue weighted by Crippen LogP contribution is -2.35. The number of halogens is 1. The first-order valence-electron chi connectivity index (χ1n) is 12.3. The third kappa shape index (κ3) is 3.09. The Morgan fingerprint density at radius 2 is 1.94 bits per heavy atom. The molecule has 2 aromatic rings. The molecule has 1 fully saturated rings. The smallest absolute Gasteiger partial charge is 0.249 e. The van der Waals surface area contributed by atoms with Crippen LogP contribution in [0.3, 0.4) is 0 Å². The molecule has 0 atom stereocenters. The number of amides is 2. The van der Waals surface area contributed by atoms with Crippen LogP contribution in [0.5, 0.6) is 0 Å². The Morgan fingerprint density at radius 3 is 2.65 bits per heavy atom.